The molecule has 31 heavy (non-hydrogen) atoms. The van der Waals surface area contributed by atoms with E-state index in [9.17, 15) is 4.79 Å². The number of methoxy groups -OCH3 is 1. The fourth-order valence-corrected chi connectivity index (χ4v) is 4.24. The Morgan fingerprint density at radius 1 is 1.19 bits per heavy atom. The van der Waals surface area contributed by atoms with Crippen molar-refractivity contribution < 1.29 is 9.53 Å². The van der Waals surface area contributed by atoms with Crippen LogP contribution in [0.4, 0.5) is 0 Å². The Balaban J connectivity index is 1.57. The fraction of sp³-hybridized carbons (Fsp3) is 0.261. The zero-order valence-electron chi connectivity index (χ0n) is 17.3. The van der Waals surface area contributed by atoms with Crippen molar-refractivity contribution in [2.75, 3.05) is 13.7 Å². The highest BCUT2D eigenvalue weighted by Crippen LogP contribution is 2.28. The number of benzene rings is 1. The summed E-state index contributed by atoms with van der Waals surface area (Å²) in [5, 5.41) is 0.644. The first kappa shape index (κ1) is 21.4. The molecular weight excluding hydrogens is 435 g/mol. The Kier molecular flexibility index (Phi) is 6.30. The van der Waals surface area contributed by atoms with Crippen LogP contribution in [0.3, 0.4) is 0 Å². The highest BCUT2D eigenvalue weighted by Gasteiger charge is 2.23. The second-order valence-electron chi connectivity index (χ2n) is 7.47. The minimum atomic E-state index is 0.0172. The van der Waals surface area contributed by atoms with E-state index < -0.39 is 0 Å². The van der Waals surface area contributed by atoms with Gasteiger partial charge in [-0.1, -0.05) is 29.3 Å². The summed E-state index contributed by atoms with van der Waals surface area (Å²) >= 11 is 12.0. The van der Waals surface area contributed by atoms with Crippen LogP contribution in [0.25, 0.3) is 11.8 Å². The number of carbonyl (C=O) groups excluding carboxylic acids is 1. The molecule has 0 N–H and O–H groups in total. The second kappa shape index (κ2) is 9.12. The molecule has 0 aliphatic carbocycles. The van der Waals surface area contributed by atoms with Gasteiger partial charge in [0.1, 0.15) is 16.1 Å². The maximum absolute atomic E-state index is 13.1. The molecule has 0 spiro atoms. The van der Waals surface area contributed by atoms with E-state index in [2.05, 4.69) is 9.97 Å². The van der Waals surface area contributed by atoms with Crippen molar-refractivity contribution in [2.24, 2.45) is 0 Å². The molecule has 1 fully saturated rings. The van der Waals surface area contributed by atoms with Crippen LogP contribution in [0.1, 0.15) is 29.7 Å². The summed E-state index contributed by atoms with van der Waals surface area (Å²) in [4.78, 5) is 23.1. The molecule has 0 radical (unpaired) electrons. The summed E-state index contributed by atoms with van der Waals surface area (Å²) < 4.78 is 7.50. The number of aryl methyl sites for hydroxylation is 1. The third kappa shape index (κ3) is 4.92. The lowest BCUT2D eigenvalue weighted by Gasteiger charge is -2.28. The Morgan fingerprint density at radius 2 is 1.97 bits per heavy atom. The van der Waals surface area contributed by atoms with Gasteiger partial charge in [0.2, 0.25) is 5.91 Å². The largest absolute Gasteiger partial charge is 0.495 e. The van der Waals surface area contributed by atoms with E-state index in [-0.39, 0.29) is 5.91 Å². The van der Waals surface area contributed by atoms with E-state index in [0.717, 1.165) is 40.9 Å². The molecule has 6 nitrogen and oxygen atoms in total. The number of halogens is 2. The quantitative estimate of drug-likeness (QED) is 0.395. The summed E-state index contributed by atoms with van der Waals surface area (Å²) in [6.45, 7) is 3.08. The van der Waals surface area contributed by atoms with Crippen LogP contribution in [0.5, 0.6) is 5.75 Å². The van der Waals surface area contributed by atoms with Crippen LogP contribution >= 0.6 is 23.2 Å². The molecule has 2 aromatic heterocycles. The van der Waals surface area contributed by atoms with Crippen LogP contribution in [0.2, 0.25) is 10.3 Å². The van der Waals surface area contributed by atoms with Crippen LogP contribution in [-0.2, 0) is 11.3 Å². The Labute approximate surface area is 191 Å². The molecule has 0 saturated carbocycles. The van der Waals surface area contributed by atoms with Gasteiger partial charge in [-0.25, -0.2) is 9.97 Å². The Bertz CT molecular complexity index is 1140. The molecule has 3 heterocycles. The summed E-state index contributed by atoms with van der Waals surface area (Å²) in [6, 6.07) is 9.36. The molecular formula is C23H22Cl2N4O2. The predicted molar refractivity (Wildman–Crippen MR) is 122 cm³/mol. The summed E-state index contributed by atoms with van der Waals surface area (Å²) in [5.41, 5.74) is 4.37. The number of rotatable bonds is 5. The number of imidazole rings is 1. The number of likely N-dealkylation sites (tertiary alicyclic amines) is 1. The van der Waals surface area contributed by atoms with Gasteiger partial charge >= 0.3 is 0 Å². The number of piperidine rings is 1. The molecule has 160 valence electrons. The van der Waals surface area contributed by atoms with Crippen molar-refractivity contribution in [2.45, 2.75) is 26.3 Å². The van der Waals surface area contributed by atoms with Crippen molar-refractivity contribution in [1.82, 2.24) is 19.4 Å². The van der Waals surface area contributed by atoms with E-state index in [1.807, 2.05) is 46.9 Å². The predicted octanol–water partition coefficient (Wildman–Crippen LogP) is 5.10. The third-order valence-electron chi connectivity index (χ3n) is 5.17. The monoisotopic (exact) mass is 456 g/mol. The highest BCUT2D eigenvalue weighted by molar-refractivity contribution is 6.32. The van der Waals surface area contributed by atoms with Gasteiger partial charge in [-0.05, 0) is 61.2 Å². The third-order valence-corrected chi connectivity index (χ3v) is 5.55. The lowest BCUT2D eigenvalue weighted by molar-refractivity contribution is -0.129. The standard InChI is InChI=1S/C23H22Cl2N4O2/c1-15-12-29(14-26-15)19-6-5-16(9-20(19)31-2)8-18-4-3-7-28(23(18)30)13-17-10-21(24)27-22(25)11-17/h5-6,8-12,14H,3-4,7,13H2,1-2H3/b18-8+. The molecule has 1 aliphatic rings. The van der Waals surface area contributed by atoms with Gasteiger partial charge < -0.3 is 14.2 Å². The van der Waals surface area contributed by atoms with E-state index >= 15 is 0 Å². The molecule has 3 aromatic rings. The van der Waals surface area contributed by atoms with E-state index in [1.165, 1.54) is 0 Å². The molecule has 0 unspecified atom stereocenters. The molecule has 1 aliphatic heterocycles. The minimum absolute atomic E-state index is 0.0172. The summed E-state index contributed by atoms with van der Waals surface area (Å²) in [6.07, 6.45) is 7.26. The van der Waals surface area contributed by atoms with Crippen molar-refractivity contribution in [3.05, 3.63) is 75.6 Å². The number of amides is 1. The van der Waals surface area contributed by atoms with Gasteiger partial charge in [0.05, 0.1) is 24.8 Å². The first-order chi connectivity index (χ1) is 14.9. The number of pyridine rings is 1. The second-order valence-corrected chi connectivity index (χ2v) is 8.25. The van der Waals surface area contributed by atoms with Gasteiger partial charge in [-0.2, -0.15) is 0 Å². The van der Waals surface area contributed by atoms with Crippen molar-refractivity contribution in [3.8, 4) is 11.4 Å². The lowest BCUT2D eigenvalue weighted by Crippen LogP contribution is -2.36. The summed E-state index contributed by atoms with van der Waals surface area (Å²) in [5.74, 6) is 0.733. The van der Waals surface area contributed by atoms with E-state index in [1.54, 1.807) is 25.6 Å². The molecule has 1 amide bonds. The van der Waals surface area contributed by atoms with Crippen LogP contribution in [0.15, 0.2) is 48.4 Å². The SMILES string of the molecule is COc1cc(/C=C2\CCCN(Cc3cc(Cl)nc(Cl)c3)C2=O)ccc1-n1cnc(C)c1. The van der Waals surface area contributed by atoms with Gasteiger partial charge in [0.15, 0.2) is 0 Å². The first-order valence-corrected chi connectivity index (χ1v) is 10.7. The topological polar surface area (TPSA) is 60.2 Å². The number of nitrogens with zero attached hydrogens (tertiary/aromatic N) is 4. The molecule has 0 bridgehead atoms. The molecule has 4 rings (SSSR count). The van der Waals surface area contributed by atoms with Gasteiger partial charge in [-0.3, -0.25) is 4.79 Å². The van der Waals surface area contributed by atoms with Crippen LogP contribution in [0, 0.1) is 6.92 Å². The maximum atomic E-state index is 13.1. The van der Waals surface area contributed by atoms with Gasteiger partial charge in [0, 0.05) is 24.9 Å². The number of hydrogen-bond donors (Lipinski definition) is 0. The normalized spacial score (nSPS) is 15.5. The minimum Gasteiger partial charge on any atom is -0.495 e. The van der Waals surface area contributed by atoms with Crippen LogP contribution < -0.4 is 4.74 Å². The maximum Gasteiger partial charge on any atom is 0.250 e. The Hall–Kier alpha value is -2.83. The van der Waals surface area contributed by atoms with Gasteiger partial charge in [0.25, 0.3) is 0 Å². The number of ether oxygens (including phenoxy) is 1. The molecule has 0 atom stereocenters. The first-order valence-electron chi connectivity index (χ1n) is 9.94. The van der Waals surface area contributed by atoms with E-state index in [0.29, 0.717) is 29.1 Å². The van der Waals surface area contributed by atoms with Crippen molar-refractivity contribution in [1.29, 1.82) is 0 Å². The number of carbonyl (C=O) groups is 1. The van der Waals surface area contributed by atoms with Gasteiger partial charge in [-0.15, -0.1) is 0 Å². The Morgan fingerprint density at radius 3 is 2.65 bits per heavy atom. The zero-order valence-corrected chi connectivity index (χ0v) is 18.8. The van der Waals surface area contributed by atoms with Crippen molar-refractivity contribution in [3.63, 3.8) is 0 Å². The summed E-state index contributed by atoms with van der Waals surface area (Å²) in [7, 11) is 1.64. The number of hydrogen-bond acceptors (Lipinski definition) is 4. The lowest BCUT2D eigenvalue weighted by atomic mass is 10.00. The molecule has 1 saturated heterocycles. The van der Waals surface area contributed by atoms with E-state index in [4.69, 9.17) is 27.9 Å². The average molecular weight is 457 g/mol. The average Bonchev–Trinajstić information content (AvgIpc) is 3.16. The van der Waals surface area contributed by atoms with Crippen LogP contribution in [-0.4, -0.2) is 39.0 Å². The highest BCUT2D eigenvalue weighted by atomic mass is 35.5. The zero-order chi connectivity index (χ0) is 22.0. The fourth-order valence-electron chi connectivity index (χ4n) is 3.73. The number of aromatic nitrogens is 3. The molecule has 8 heteroatoms. The molecule has 1 aromatic carbocycles. The van der Waals surface area contributed by atoms with Crippen molar-refractivity contribution >= 4 is 35.2 Å². The smallest absolute Gasteiger partial charge is 0.250 e.